The Hall–Kier alpha value is -6.64. The Bertz CT molecular complexity index is 3290. The SMILES string of the molecule is c1ccc(-c2cccc(-n3c4ccccc4c4cc(-c5ccc6c(c5)c5ccccc5n6-c5ccc6c(c5)-c5ccccc5C5CC7CC6CCC5C7)ccc43)c2)cc1. The monoisotopic (exact) mass is 756 g/mol. The highest BCUT2D eigenvalue weighted by molar-refractivity contribution is 6.12. The average Bonchev–Trinajstić information content (AvgIpc) is 3.92. The Morgan fingerprint density at radius 3 is 1.71 bits per heavy atom. The summed E-state index contributed by atoms with van der Waals surface area (Å²) in [7, 11) is 0. The van der Waals surface area contributed by atoms with Crippen molar-refractivity contribution in [3.05, 3.63) is 193 Å². The zero-order valence-corrected chi connectivity index (χ0v) is 33.1. The lowest BCUT2D eigenvalue weighted by molar-refractivity contribution is 0.407. The summed E-state index contributed by atoms with van der Waals surface area (Å²) >= 11 is 0. The summed E-state index contributed by atoms with van der Waals surface area (Å²) < 4.78 is 4.95. The number of hydrogen-bond donors (Lipinski definition) is 0. The van der Waals surface area contributed by atoms with Gasteiger partial charge < -0.3 is 9.13 Å². The molecule has 4 atom stereocenters. The quantitative estimate of drug-likeness (QED) is 0.169. The molecule has 0 aliphatic heterocycles. The minimum atomic E-state index is 0.646. The summed E-state index contributed by atoms with van der Waals surface area (Å²) in [6.07, 6.45) is 6.83. The van der Waals surface area contributed by atoms with E-state index in [0.29, 0.717) is 11.8 Å². The maximum absolute atomic E-state index is 2.54. The van der Waals surface area contributed by atoms with Crippen LogP contribution in [0.15, 0.2) is 182 Å². The highest BCUT2D eigenvalue weighted by atomic mass is 15.0. The largest absolute Gasteiger partial charge is 0.309 e. The highest BCUT2D eigenvalue weighted by Gasteiger charge is 2.42. The average molecular weight is 757 g/mol. The van der Waals surface area contributed by atoms with Crippen LogP contribution in [0.4, 0.5) is 0 Å². The second-order valence-electron chi connectivity index (χ2n) is 17.7. The minimum Gasteiger partial charge on any atom is -0.309 e. The molecule has 4 unspecified atom stereocenters. The van der Waals surface area contributed by atoms with Gasteiger partial charge >= 0.3 is 0 Å². The van der Waals surface area contributed by atoms with Crippen molar-refractivity contribution in [3.8, 4) is 44.8 Å². The number of nitrogens with zero attached hydrogens (tertiary/aromatic N) is 2. The van der Waals surface area contributed by atoms with E-state index in [1.807, 2.05) is 0 Å². The Kier molecular flexibility index (Phi) is 7.31. The predicted octanol–water partition coefficient (Wildman–Crippen LogP) is 15.3. The van der Waals surface area contributed by atoms with Crippen molar-refractivity contribution in [2.75, 3.05) is 0 Å². The Labute approximate surface area is 345 Å². The van der Waals surface area contributed by atoms with Crippen LogP contribution in [0.3, 0.4) is 0 Å². The van der Waals surface area contributed by atoms with E-state index in [2.05, 4.69) is 191 Å². The van der Waals surface area contributed by atoms with Crippen LogP contribution in [0.5, 0.6) is 0 Å². The summed E-state index contributed by atoms with van der Waals surface area (Å²) in [4.78, 5) is 0. The molecule has 4 aliphatic carbocycles. The van der Waals surface area contributed by atoms with Crippen LogP contribution < -0.4 is 0 Å². The molecule has 10 aromatic rings. The molecule has 8 aromatic carbocycles. The molecular formula is C57H44N2. The van der Waals surface area contributed by atoms with Crippen molar-refractivity contribution >= 4 is 43.6 Å². The lowest BCUT2D eigenvalue weighted by Gasteiger charge is -2.23. The Morgan fingerprint density at radius 2 is 0.966 bits per heavy atom. The first-order chi connectivity index (χ1) is 29.2. The fourth-order valence-corrected chi connectivity index (χ4v) is 12.0. The lowest BCUT2D eigenvalue weighted by atomic mass is 9.82. The van der Waals surface area contributed by atoms with Crippen LogP contribution in [-0.2, 0) is 0 Å². The van der Waals surface area contributed by atoms with Crippen molar-refractivity contribution in [2.45, 2.75) is 43.9 Å². The molecule has 4 bridgehead atoms. The van der Waals surface area contributed by atoms with Crippen LogP contribution >= 0.6 is 0 Å². The third-order valence-corrected chi connectivity index (χ3v) is 14.6. The molecule has 2 fully saturated rings. The van der Waals surface area contributed by atoms with Gasteiger partial charge in [-0.3, -0.25) is 0 Å². The van der Waals surface area contributed by atoms with E-state index < -0.39 is 0 Å². The molecule has 0 spiro atoms. The third kappa shape index (κ3) is 5.12. The molecule has 2 nitrogen and oxygen atoms in total. The first-order valence-electron chi connectivity index (χ1n) is 21.7. The fourth-order valence-electron chi connectivity index (χ4n) is 12.0. The number of rotatable bonds is 4. The van der Waals surface area contributed by atoms with Crippen molar-refractivity contribution in [2.24, 2.45) is 11.8 Å². The first kappa shape index (κ1) is 33.3. The van der Waals surface area contributed by atoms with Gasteiger partial charge in [0.15, 0.2) is 0 Å². The molecule has 282 valence electrons. The van der Waals surface area contributed by atoms with Crippen molar-refractivity contribution in [1.82, 2.24) is 9.13 Å². The van der Waals surface area contributed by atoms with E-state index in [1.54, 1.807) is 11.1 Å². The van der Waals surface area contributed by atoms with Gasteiger partial charge in [0, 0.05) is 32.9 Å². The molecule has 4 aliphatic rings. The number of benzene rings is 8. The summed E-state index contributed by atoms with van der Waals surface area (Å²) in [5.74, 6) is 3.04. The van der Waals surface area contributed by atoms with Crippen molar-refractivity contribution in [1.29, 1.82) is 0 Å². The molecule has 0 saturated heterocycles. The van der Waals surface area contributed by atoms with Crippen molar-refractivity contribution < 1.29 is 0 Å². The Morgan fingerprint density at radius 1 is 0.356 bits per heavy atom. The van der Waals surface area contributed by atoms with Crippen LogP contribution in [0.25, 0.3) is 88.4 Å². The first-order valence-corrected chi connectivity index (χ1v) is 21.7. The highest BCUT2D eigenvalue weighted by Crippen LogP contribution is 2.57. The number of fused-ring (bicyclic) bond motifs is 7. The lowest BCUT2D eigenvalue weighted by Crippen LogP contribution is -2.09. The second kappa shape index (κ2) is 12.9. The summed E-state index contributed by atoms with van der Waals surface area (Å²) in [6.45, 7) is 0. The van der Waals surface area contributed by atoms with E-state index in [4.69, 9.17) is 0 Å². The topological polar surface area (TPSA) is 9.86 Å². The molecule has 2 heterocycles. The zero-order chi connectivity index (χ0) is 38.6. The standard InChI is InChI=1S/C57H44N2/c1-2-11-37(12-3-1)38-13-10-14-43(32-38)58-54-19-8-6-17-48(54)52-33-39(23-27-56(52)58)40-24-28-57-53(34-40)49-18-7-9-20-55(49)59(57)44-25-26-45-41-21-22-42-30-36(29-41)31-50(42)46-15-4-5-16-47(46)51(45)35-44/h1-20,23-28,32-36,41-42,50H,21-22,29-31H2. The smallest absolute Gasteiger partial charge is 0.0541 e. The third-order valence-electron chi connectivity index (χ3n) is 14.6. The van der Waals surface area contributed by atoms with Crippen LogP contribution in [0.2, 0.25) is 0 Å². The van der Waals surface area contributed by atoms with Gasteiger partial charge in [0.05, 0.1) is 22.1 Å². The van der Waals surface area contributed by atoms with E-state index in [1.165, 1.54) is 120 Å². The van der Waals surface area contributed by atoms with E-state index in [9.17, 15) is 0 Å². The summed E-state index contributed by atoms with van der Waals surface area (Å²) in [5.41, 5.74) is 18.4. The molecule has 2 aromatic heterocycles. The molecule has 0 amide bonds. The van der Waals surface area contributed by atoms with Gasteiger partial charge in [-0.1, -0.05) is 121 Å². The maximum Gasteiger partial charge on any atom is 0.0541 e. The number of aromatic nitrogens is 2. The molecular weight excluding hydrogens is 713 g/mol. The van der Waals surface area contributed by atoms with Crippen LogP contribution in [-0.4, -0.2) is 9.13 Å². The normalized spacial score (nSPS) is 19.5. The van der Waals surface area contributed by atoms with E-state index >= 15 is 0 Å². The van der Waals surface area contributed by atoms with Crippen LogP contribution in [0, 0.1) is 11.8 Å². The van der Waals surface area contributed by atoms with Gasteiger partial charge in [0.1, 0.15) is 0 Å². The van der Waals surface area contributed by atoms with Gasteiger partial charge in [-0.15, -0.1) is 0 Å². The van der Waals surface area contributed by atoms with E-state index in [-0.39, 0.29) is 0 Å². The second-order valence-corrected chi connectivity index (χ2v) is 17.7. The summed E-state index contributed by atoms with van der Waals surface area (Å²) in [5, 5.41) is 5.12. The molecule has 14 rings (SSSR count). The minimum absolute atomic E-state index is 0.646. The molecule has 0 N–H and O–H groups in total. The summed E-state index contributed by atoms with van der Waals surface area (Å²) in [6, 6.07) is 68.5. The molecule has 59 heavy (non-hydrogen) atoms. The van der Waals surface area contributed by atoms with Gasteiger partial charge in [-0.25, -0.2) is 0 Å². The predicted molar refractivity (Wildman–Crippen MR) is 247 cm³/mol. The van der Waals surface area contributed by atoms with E-state index in [0.717, 1.165) is 11.8 Å². The number of para-hydroxylation sites is 2. The molecule has 0 radical (unpaired) electrons. The number of hydrogen-bond acceptors (Lipinski definition) is 0. The van der Waals surface area contributed by atoms with Crippen LogP contribution in [0.1, 0.15) is 55.1 Å². The zero-order valence-electron chi connectivity index (χ0n) is 33.1. The van der Waals surface area contributed by atoms with Gasteiger partial charge in [-0.05, 0) is 161 Å². The van der Waals surface area contributed by atoms with Crippen molar-refractivity contribution in [3.63, 3.8) is 0 Å². The molecule has 2 saturated carbocycles. The fraction of sp³-hybridized carbons (Fsp3) is 0.158. The van der Waals surface area contributed by atoms with Gasteiger partial charge in [0.25, 0.3) is 0 Å². The Balaban J connectivity index is 0.953. The molecule has 2 heteroatoms. The maximum atomic E-state index is 2.54. The van der Waals surface area contributed by atoms with Gasteiger partial charge in [0.2, 0.25) is 0 Å². The van der Waals surface area contributed by atoms with Gasteiger partial charge in [-0.2, -0.15) is 0 Å².